The molecule has 3 rings (SSSR count). The van der Waals surface area contributed by atoms with Gasteiger partial charge in [-0.15, -0.1) is 0 Å². The molecule has 7 nitrogen and oxygen atoms in total. The van der Waals surface area contributed by atoms with Crippen molar-refractivity contribution in [1.82, 2.24) is 15.3 Å². The molecule has 0 aliphatic carbocycles. The lowest BCUT2D eigenvalue weighted by atomic mass is 10.1. The first-order chi connectivity index (χ1) is 11.3. The molecule has 3 aromatic rings. The number of aromatic nitrogens is 2. The second-order valence-electron chi connectivity index (χ2n) is 5.90. The first-order valence-electron chi connectivity index (χ1n) is 7.26. The van der Waals surface area contributed by atoms with Crippen LogP contribution in [0.25, 0.3) is 22.1 Å². The number of benzene rings is 1. The van der Waals surface area contributed by atoms with E-state index in [1.54, 1.807) is 19.9 Å². The minimum absolute atomic E-state index is 0.180. The molecule has 1 aromatic carbocycles. The van der Waals surface area contributed by atoms with Crippen molar-refractivity contribution in [3.05, 3.63) is 38.9 Å². The summed E-state index contributed by atoms with van der Waals surface area (Å²) in [6.07, 6.45) is 0. The molecule has 2 aromatic heterocycles. The number of halogens is 1. The zero-order valence-corrected chi connectivity index (χ0v) is 15.0. The minimum Gasteiger partial charge on any atom is -0.468 e. The van der Waals surface area contributed by atoms with Crippen molar-refractivity contribution in [2.45, 2.75) is 25.9 Å². The number of hydrogen-bond donors (Lipinski definition) is 2. The van der Waals surface area contributed by atoms with Crippen molar-refractivity contribution in [3.8, 4) is 0 Å². The summed E-state index contributed by atoms with van der Waals surface area (Å²) in [5.74, 6) is 0.00997. The minimum atomic E-state index is -0.899. The van der Waals surface area contributed by atoms with E-state index >= 15 is 0 Å². The highest BCUT2D eigenvalue weighted by Crippen LogP contribution is 2.27. The summed E-state index contributed by atoms with van der Waals surface area (Å²) in [6, 6.07) is 5.46. The lowest BCUT2D eigenvalue weighted by molar-refractivity contribution is -0.147. The van der Waals surface area contributed by atoms with Crippen LogP contribution >= 0.6 is 15.9 Å². The monoisotopic (exact) mass is 393 g/mol. The third kappa shape index (κ3) is 2.94. The Morgan fingerprint density at radius 3 is 2.92 bits per heavy atom. The fraction of sp³-hybridized carbons (Fsp3) is 0.312. The van der Waals surface area contributed by atoms with Crippen LogP contribution in [0.2, 0.25) is 0 Å². The molecule has 0 unspecified atom stereocenters. The van der Waals surface area contributed by atoms with Crippen LogP contribution in [0.1, 0.15) is 19.7 Å². The molecule has 0 fully saturated rings. The molecule has 0 saturated heterocycles. The van der Waals surface area contributed by atoms with Gasteiger partial charge in [-0.3, -0.25) is 14.9 Å². The third-order valence-electron chi connectivity index (χ3n) is 3.73. The van der Waals surface area contributed by atoms with Gasteiger partial charge >= 0.3 is 5.97 Å². The quantitative estimate of drug-likeness (QED) is 0.660. The molecule has 0 amide bonds. The smallest absolute Gasteiger partial charge is 0.325 e. The SMILES string of the molecule is COC(=O)C(C)(C)NCc1nc2c(oc3ccc(Br)cc32)c(=O)[nH]1. The highest BCUT2D eigenvalue weighted by molar-refractivity contribution is 9.10. The number of ether oxygens (including phenoxy) is 1. The van der Waals surface area contributed by atoms with Gasteiger partial charge in [-0.05, 0) is 32.0 Å². The molecule has 126 valence electrons. The zero-order chi connectivity index (χ0) is 17.5. The van der Waals surface area contributed by atoms with E-state index in [0.29, 0.717) is 16.9 Å². The topological polar surface area (TPSA) is 97.2 Å². The Balaban J connectivity index is 2.01. The predicted octanol–water partition coefficient (Wildman–Crippen LogP) is 2.47. The van der Waals surface area contributed by atoms with Crippen LogP contribution in [0.15, 0.2) is 31.9 Å². The van der Waals surface area contributed by atoms with Gasteiger partial charge in [-0.1, -0.05) is 15.9 Å². The number of furan rings is 1. The maximum Gasteiger partial charge on any atom is 0.325 e. The maximum absolute atomic E-state index is 12.2. The Morgan fingerprint density at radius 2 is 2.21 bits per heavy atom. The highest BCUT2D eigenvalue weighted by Gasteiger charge is 2.28. The van der Waals surface area contributed by atoms with E-state index in [4.69, 9.17) is 9.15 Å². The molecule has 2 heterocycles. The summed E-state index contributed by atoms with van der Waals surface area (Å²) in [7, 11) is 1.33. The van der Waals surface area contributed by atoms with Gasteiger partial charge in [0.25, 0.3) is 5.56 Å². The standard InChI is InChI=1S/C16H16BrN3O4/c1-16(2,15(22)23-3)18-7-11-19-12-9-6-8(17)4-5-10(9)24-13(12)14(21)20-11/h4-6,18H,7H2,1-3H3,(H,19,20,21). The predicted molar refractivity (Wildman–Crippen MR) is 92.8 cm³/mol. The van der Waals surface area contributed by atoms with Gasteiger partial charge in [0.1, 0.15) is 22.5 Å². The van der Waals surface area contributed by atoms with Gasteiger partial charge in [0.2, 0.25) is 5.58 Å². The third-order valence-corrected chi connectivity index (χ3v) is 4.22. The Morgan fingerprint density at radius 1 is 1.46 bits per heavy atom. The number of nitrogens with one attached hydrogen (secondary N) is 2. The Hall–Kier alpha value is -2.19. The Labute approximate surface area is 145 Å². The second kappa shape index (κ2) is 6.03. The van der Waals surface area contributed by atoms with Crippen LogP contribution in [-0.2, 0) is 16.1 Å². The van der Waals surface area contributed by atoms with Crippen LogP contribution in [0.3, 0.4) is 0 Å². The summed E-state index contributed by atoms with van der Waals surface area (Å²) in [5.41, 5.74) is -0.00275. The highest BCUT2D eigenvalue weighted by atomic mass is 79.9. The number of hydrogen-bond acceptors (Lipinski definition) is 6. The van der Waals surface area contributed by atoms with Crippen LogP contribution in [0.4, 0.5) is 0 Å². The molecule has 0 saturated carbocycles. The van der Waals surface area contributed by atoms with Crippen LogP contribution in [0.5, 0.6) is 0 Å². The fourth-order valence-electron chi connectivity index (χ4n) is 2.39. The maximum atomic E-state index is 12.2. The zero-order valence-electron chi connectivity index (χ0n) is 13.4. The number of H-pyrrole nitrogens is 1. The first kappa shape index (κ1) is 16.7. The van der Waals surface area contributed by atoms with E-state index in [-0.39, 0.29) is 17.7 Å². The number of carbonyl (C=O) groups excluding carboxylic acids is 1. The van der Waals surface area contributed by atoms with Crippen LogP contribution in [0, 0.1) is 0 Å². The van der Waals surface area contributed by atoms with Gasteiger partial charge in [0.05, 0.1) is 13.7 Å². The summed E-state index contributed by atoms with van der Waals surface area (Å²) in [6.45, 7) is 3.59. The summed E-state index contributed by atoms with van der Waals surface area (Å²) < 4.78 is 11.2. The Kier molecular flexibility index (Phi) is 4.18. The molecule has 0 bridgehead atoms. The van der Waals surface area contributed by atoms with E-state index in [1.165, 1.54) is 7.11 Å². The van der Waals surface area contributed by atoms with Gasteiger partial charge in [-0.2, -0.15) is 0 Å². The molecular weight excluding hydrogens is 378 g/mol. The number of rotatable bonds is 4. The average Bonchev–Trinajstić information content (AvgIpc) is 2.91. The second-order valence-corrected chi connectivity index (χ2v) is 6.82. The van der Waals surface area contributed by atoms with Crippen molar-refractivity contribution in [1.29, 1.82) is 0 Å². The number of aromatic amines is 1. The number of carbonyl (C=O) groups is 1. The van der Waals surface area contributed by atoms with Crippen molar-refractivity contribution < 1.29 is 13.9 Å². The number of nitrogens with zero attached hydrogens (tertiary/aromatic N) is 1. The molecule has 0 aliphatic rings. The van der Waals surface area contributed by atoms with E-state index in [2.05, 4.69) is 31.2 Å². The van der Waals surface area contributed by atoms with Gasteiger partial charge in [0, 0.05) is 9.86 Å². The number of fused-ring (bicyclic) bond motifs is 3. The molecule has 0 spiro atoms. The van der Waals surface area contributed by atoms with Crippen molar-refractivity contribution in [2.24, 2.45) is 0 Å². The van der Waals surface area contributed by atoms with Crippen LogP contribution in [-0.4, -0.2) is 28.6 Å². The van der Waals surface area contributed by atoms with Gasteiger partial charge < -0.3 is 14.1 Å². The van der Waals surface area contributed by atoms with E-state index in [9.17, 15) is 9.59 Å². The molecule has 24 heavy (non-hydrogen) atoms. The largest absolute Gasteiger partial charge is 0.468 e. The summed E-state index contributed by atoms with van der Waals surface area (Å²) in [5, 5.41) is 3.77. The Bertz CT molecular complexity index is 990. The molecular formula is C16H16BrN3O4. The van der Waals surface area contributed by atoms with Crippen molar-refractivity contribution >= 4 is 44.0 Å². The summed E-state index contributed by atoms with van der Waals surface area (Å²) in [4.78, 5) is 31.1. The lowest BCUT2D eigenvalue weighted by Crippen LogP contribution is -2.47. The molecule has 0 radical (unpaired) electrons. The summed E-state index contributed by atoms with van der Waals surface area (Å²) >= 11 is 3.40. The number of methoxy groups -OCH3 is 1. The van der Waals surface area contributed by atoms with Crippen molar-refractivity contribution in [2.75, 3.05) is 7.11 Å². The molecule has 0 atom stereocenters. The van der Waals surface area contributed by atoms with Crippen LogP contribution < -0.4 is 10.9 Å². The van der Waals surface area contributed by atoms with Gasteiger partial charge in [0.15, 0.2) is 0 Å². The fourth-order valence-corrected chi connectivity index (χ4v) is 2.75. The van der Waals surface area contributed by atoms with Gasteiger partial charge in [-0.25, -0.2) is 4.98 Å². The van der Waals surface area contributed by atoms with Crippen molar-refractivity contribution in [3.63, 3.8) is 0 Å². The molecule has 2 N–H and O–H groups in total. The van der Waals surface area contributed by atoms with E-state index in [1.807, 2.05) is 12.1 Å². The van der Waals surface area contributed by atoms with E-state index in [0.717, 1.165) is 9.86 Å². The normalized spacial score (nSPS) is 12.0. The number of esters is 1. The van der Waals surface area contributed by atoms with E-state index < -0.39 is 11.5 Å². The lowest BCUT2D eigenvalue weighted by Gasteiger charge is -2.22. The first-order valence-corrected chi connectivity index (χ1v) is 8.05. The molecule has 0 aliphatic heterocycles. The average molecular weight is 394 g/mol. The molecule has 8 heteroatoms.